The molecule has 0 N–H and O–H groups in total. The third-order valence-corrected chi connectivity index (χ3v) is 4.67. The molecule has 0 radical (unpaired) electrons. The van der Waals surface area contributed by atoms with Crippen molar-refractivity contribution in [2.45, 2.75) is 12.5 Å². The quantitative estimate of drug-likeness (QED) is 0.596. The molecule has 0 unspecified atom stereocenters. The molecule has 7 nitrogen and oxygen atoms in total. The zero-order chi connectivity index (χ0) is 19.1. The van der Waals surface area contributed by atoms with Gasteiger partial charge in [-0.3, -0.25) is 9.59 Å². The highest BCUT2D eigenvalue weighted by Gasteiger charge is 2.38. The van der Waals surface area contributed by atoms with Gasteiger partial charge in [-0.15, -0.1) is 0 Å². The number of halogens is 1. The number of carbonyl (C=O) groups excluding carboxylic acids is 4. The van der Waals surface area contributed by atoms with Crippen molar-refractivity contribution in [1.29, 1.82) is 0 Å². The van der Waals surface area contributed by atoms with Gasteiger partial charge in [-0.25, -0.2) is 14.5 Å². The number of cyclic esters (lactones) is 1. The number of amides is 2. The highest BCUT2D eigenvalue weighted by molar-refractivity contribution is 6.39. The number of carbonyl (C=O) groups is 4. The molecule has 0 bridgehead atoms. The van der Waals surface area contributed by atoms with Crippen molar-refractivity contribution in [2.24, 2.45) is 0 Å². The highest BCUT2D eigenvalue weighted by atomic mass is 35.5. The summed E-state index contributed by atoms with van der Waals surface area (Å²) in [4.78, 5) is 50.1. The highest BCUT2D eigenvalue weighted by Crippen LogP contribution is 2.33. The topological polar surface area (TPSA) is 90.0 Å². The van der Waals surface area contributed by atoms with Gasteiger partial charge in [0.05, 0.1) is 34.0 Å². The van der Waals surface area contributed by atoms with E-state index in [0.29, 0.717) is 0 Å². The Morgan fingerprint density at radius 3 is 2.52 bits per heavy atom. The van der Waals surface area contributed by atoms with Crippen LogP contribution >= 0.6 is 11.6 Å². The lowest BCUT2D eigenvalue weighted by Crippen LogP contribution is -2.29. The number of benzene rings is 2. The zero-order valence-corrected chi connectivity index (χ0v) is 14.6. The van der Waals surface area contributed by atoms with E-state index in [1.807, 2.05) is 0 Å². The second-order valence-electron chi connectivity index (χ2n) is 6.01. The zero-order valence-electron chi connectivity index (χ0n) is 13.8. The standard InChI is InChI=1S/C19H12ClNO6/c20-13-3-1-2-4-14(13)21-16(22)11-6-5-10(9-12(11)17(21)23)18(24)27-15-7-8-26-19(15)25/h1-6,9,15H,7-8H2/t15-/m1/s1. The average Bonchev–Trinajstić information content (AvgIpc) is 3.17. The molecule has 0 spiro atoms. The van der Waals surface area contributed by atoms with Crippen LogP contribution in [0.4, 0.5) is 5.69 Å². The van der Waals surface area contributed by atoms with Crippen LogP contribution in [0.5, 0.6) is 0 Å². The molecule has 1 fully saturated rings. The van der Waals surface area contributed by atoms with Gasteiger partial charge in [0.25, 0.3) is 11.8 Å². The lowest BCUT2D eigenvalue weighted by atomic mass is 10.1. The van der Waals surface area contributed by atoms with Crippen LogP contribution in [0.2, 0.25) is 5.02 Å². The lowest BCUT2D eigenvalue weighted by molar-refractivity contribution is -0.145. The first-order valence-corrected chi connectivity index (χ1v) is 8.50. The monoisotopic (exact) mass is 385 g/mol. The Kier molecular flexibility index (Phi) is 4.16. The fraction of sp³-hybridized carbons (Fsp3) is 0.158. The number of hydrogen-bond donors (Lipinski definition) is 0. The van der Waals surface area contributed by atoms with Crippen LogP contribution in [0.3, 0.4) is 0 Å². The molecule has 1 saturated heterocycles. The van der Waals surface area contributed by atoms with Crippen molar-refractivity contribution in [2.75, 3.05) is 11.5 Å². The molecule has 2 aromatic rings. The Bertz CT molecular complexity index is 1000. The molecule has 0 aromatic heterocycles. The normalized spacial score (nSPS) is 18.5. The average molecular weight is 386 g/mol. The van der Waals surface area contributed by atoms with E-state index in [9.17, 15) is 19.2 Å². The largest absolute Gasteiger partial charge is 0.463 e. The molecule has 2 aromatic carbocycles. The van der Waals surface area contributed by atoms with Crippen LogP contribution in [0.15, 0.2) is 42.5 Å². The number of fused-ring (bicyclic) bond motifs is 1. The van der Waals surface area contributed by atoms with Crippen molar-refractivity contribution in [1.82, 2.24) is 0 Å². The van der Waals surface area contributed by atoms with E-state index in [2.05, 4.69) is 0 Å². The van der Waals surface area contributed by atoms with Crippen LogP contribution in [0.1, 0.15) is 37.5 Å². The number of esters is 2. The van der Waals surface area contributed by atoms with E-state index >= 15 is 0 Å². The van der Waals surface area contributed by atoms with Crippen LogP contribution in [0.25, 0.3) is 0 Å². The molecule has 8 heteroatoms. The first-order valence-electron chi connectivity index (χ1n) is 8.12. The molecule has 2 aliphatic heterocycles. The summed E-state index contributed by atoms with van der Waals surface area (Å²) in [7, 11) is 0. The summed E-state index contributed by atoms with van der Waals surface area (Å²) in [6.45, 7) is 0.195. The molecular formula is C19H12ClNO6. The molecule has 0 aliphatic carbocycles. The number of imide groups is 1. The molecule has 27 heavy (non-hydrogen) atoms. The second-order valence-corrected chi connectivity index (χ2v) is 6.41. The Labute approximate surface area is 158 Å². The van der Waals surface area contributed by atoms with Crippen molar-refractivity contribution in [3.05, 3.63) is 64.2 Å². The van der Waals surface area contributed by atoms with Crippen molar-refractivity contribution < 1.29 is 28.7 Å². The molecule has 4 rings (SSSR count). The van der Waals surface area contributed by atoms with Crippen molar-refractivity contribution >= 4 is 41.0 Å². The molecular weight excluding hydrogens is 374 g/mol. The minimum Gasteiger partial charge on any atom is -0.463 e. The van der Waals surface area contributed by atoms with E-state index in [4.69, 9.17) is 21.1 Å². The first-order chi connectivity index (χ1) is 13.0. The van der Waals surface area contributed by atoms with Gasteiger partial charge in [-0.2, -0.15) is 0 Å². The predicted octanol–water partition coefficient (Wildman–Crippen LogP) is 2.61. The van der Waals surface area contributed by atoms with Gasteiger partial charge in [0.1, 0.15) is 0 Å². The fourth-order valence-corrected chi connectivity index (χ4v) is 3.22. The summed E-state index contributed by atoms with van der Waals surface area (Å²) in [6.07, 6.45) is -0.671. The fourth-order valence-electron chi connectivity index (χ4n) is 3.00. The molecule has 136 valence electrons. The summed E-state index contributed by atoms with van der Waals surface area (Å²) in [6, 6.07) is 10.5. The molecule has 2 aliphatic rings. The van der Waals surface area contributed by atoms with Gasteiger partial charge in [-0.05, 0) is 30.3 Å². The smallest absolute Gasteiger partial charge is 0.347 e. The third kappa shape index (κ3) is 2.86. The Hall–Kier alpha value is -3.19. The van der Waals surface area contributed by atoms with E-state index in [-0.39, 0.29) is 40.4 Å². The summed E-state index contributed by atoms with van der Waals surface area (Å²) < 4.78 is 9.87. The number of hydrogen-bond acceptors (Lipinski definition) is 6. The molecule has 2 amide bonds. The van der Waals surface area contributed by atoms with E-state index in [1.165, 1.54) is 18.2 Å². The van der Waals surface area contributed by atoms with E-state index in [1.54, 1.807) is 24.3 Å². The SMILES string of the molecule is O=C(O[C@@H]1CCOC1=O)c1ccc2c(c1)C(=O)N(c1ccccc1Cl)C2=O. The molecule has 2 heterocycles. The number of rotatable bonds is 3. The van der Waals surface area contributed by atoms with Crippen LogP contribution < -0.4 is 4.90 Å². The van der Waals surface area contributed by atoms with Gasteiger partial charge < -0.3 is 9.47 Å². The van der Waals surface area contributed by atoms with E-state index < -0.39 is 29.9 Å². The van der Waals surface area contributed by atoms with Crippen molar-refractivity contribution in [3.63, 3.8) is 0 Å². The second kappa shape index (κ2) is 6.51. The Balaban J connectivity index is 1.64. The van der Waals surface area contributed by atoms with Crippen LogP contribution in [0, 0.1) is 0 Å². The summed E-state index contributed by atoms with van der Waals surface area (Å²) >= 11 is 6.10. The van der Waals surface area contributed by atoms with Crippen LogP contribution in [-0.4, -0.2) is 36.5 Å². The minimum atomic E-state index is -0.956. The summed E-state index contributed by atoms with van der Waals surface area (Å²) in [5.74, 6) is -2.47. The third-order valence-electron chi connectivity index (χ3n) is 4.35. The van der Waals surface area contributed by atoms with Crippen LogP contribution in [-0.2, 0) is 14.3 Å². The Morgan fingerprint density at radius 1 is 1.07 bits per heavy atom. The number of para-hydroxylation sites is 1. The maximum absolute atomic E-state index is 12.8. The number of anilines is 1. The number of nitrogens with zero attached hydrogens (tertiary/aromatic N) is 1. The number of ether oxygens (including phenoxy) is 2. The van der Waals surface area contributed by atoms with Gasteiger partial charge in [0, 0.05) is 6.42 Å². The van der Waals surface area contributed by atoms with Gasteiger partial charge in [-0.1, -0.05) is 23.7 Å². The predicted molar refractivity (Wildman–Crippen MR) is 93.8 cm³/mol. The summed E-state index contributed by atoms with van der Waals surface area (Å²) in [5.41, 5.74) is 0.568. The first kappa shape index (κ1) is 17.2. The maximum atomic E-state index is 12.8. The molecule has 0 saturated carbocycles. The minimum absolute atomic E-state index is 0.0654. The maximum Gasteiger partial charge on any atom is 0.347 e. The molecule has 1 atom stereocenters. The van der Waals surface area contributed by atoms with Gasteiger partial charge >= 0.3 is 11.9 Å². The van der Waals surface area contributed by atoms with Gasteiger partial charge in [0.15, 0.2) is 0 Å². The van der Waals surface area contributed by atoms with Crippen molar-refractivity contribution in [3.8, 4) is 0 Å². The lowest BCUT2D eigenvalue weighted by Gasteiger charge is -2.15. The van der Waals surface area contributed by atoms with E-state index in [0.717, 1.165) is 4.90 Å². The Morgan fingerprint density at radius 2 is 1.81 bits per heavy atom. The van der Waals surface area contributed by atoms with Gasteiger partial charge in [0.2, 0.25) is 6.10 Å². The summed E-state index contributed by atoms with van der Waals surface area (Å²) in [5, 5.41) is 0.256.